The zero-order valence-electron chi connectivity index (χ0n) is 13.8. The second-order valence-corrected chi connectivity index (χ2v) is 5.84. The van der Waals surface area contributed by atoms with Gasteiger partial charge in [-0.2, -0.15) is 8.78 Å². The summed E-state index contributed by atoms with van der Waals surface area (Å²) in [5.41, 5.74) is 1.50. The molecule has 0 aliphatic carbocycles. The average molecular weight is 370 g/mol. The van der Waals surface area contributed by atoms with E-state index in [2.05, 4.69) is 4.74 Å². The van der Waals surface area contributed by atoms with Gasteiger partial charge >= 0.3 is 6.61 Å². The molecule has 0 heterocycles. The van der Waals surface area contributed by atoms with Gasteiger partial charge in [-0.3, -0.25) is 4.79 Å². The predicted molar refractivity (Wildman–Crippen MR) is 91.3 cm³/mol. The Bertz CT molecular complexity index is 723. The first-order valence-electron chi connectivity index (χ1n) is 7.49. The Morgan fingerprint density at radius 1 is 1.20 bits per heavy atom. The number of hydrogen-bond acceptors (Lipinski definition) is 3. The third kappa shape index (κ3) is 5.60. The number of hydrogen-bond donors (Lipinski definition) is 0. The quantitative estimate of drug-likeness (QED) is 0.736. The summed E-state index contributed by atoms with van der Waals surface area (Å²) in [5, 5.41) is 0.561. The van der Waals surface area contributed by atoms with Crippen molar-refractivity contribution in [1.29, 1.82) is 0 Å². The van der Waals surface area contributed by atoms with Gasteiger partial charge in [0.1, 0.15) is 11.5 Å². The van der Waals surface area contributed by atoms with Gasteiger partial charge in [0.2, 0.25) is 5.91 Å². The summed E-state index contributed by atoms with van der Waals surface area (Å²) in [6.45, 7) is -2.53. The third-order valence-corrected chi connectivity index (χ3v) is 3.81. The van der Waals surface area contributed by atoms with Crippen LogP contribution in [0.1, 0.15) is 11.1 Å². The fourth-order valence-electron chi connectivity index (χ4n) is 2.31. The summed E-state index contributed by atoms with van der Waals surface area (Å²) in [4.78, 5) is 13.9. The summed E-state index contributed by atoms with van der Waals surface area (Å²) in [7, 11) is 3.23. The van der Waals surface area contributed by atoms with Crippen molar-refractivity contribution in [3.63, 3.8) is 0 Å². The Balaban J connectivity index is 1.99. The van der Waals surface area contributed by atoms with Crippen LogP contribution in [0.4, 0.5) is 8.78 Å². The molecular weight excluding hydrogens is 352 g/mol. The van der Waals surface area contributed by atoms with Gasteiger partial charge in [0.15, 0.2) is 0 Å². The smallest absolute Gasteiger partial charge is 0.387 e. The van der Waals surface area contributed by atoms with Gasteiger partial charge < -0.3 is 14.4 Å². The summed E-state index contributed by atoms with van der Waals surface area (Å²) in [6.07, 6.45) is 0.147. The van der Waals surface area contributed by atoms with E-state index in [1.165, 1.54) is 12.1 Å². The number of carbonyl (C=O) groups excluding carboxylic acids is 1. The van der Waals surface area contributed by atoms with Gasteiger partial charge in [-0.15, -0.1) is 0 Å². The Hall–Kier alpha value is -2.34. The fraction of sp³-hybridized carbons (Fsp3) is 0.278. The topological polar surface area (TPSA) is 38.8 Å². The number of nitrogens with zero attached hydrogens (tertiary/aromatic N) is 1. The summed E-state index contributed by atoms with van der Waals surface area (Å²) in [5.74, 6) is 0.588. The van der Waals surface area contributed by atoms with E-state index in [1.54, 1.807) is 49.4 Å². The van der Waals surface area contributed by atoms with Gasteiger partial charge in [0.05, 0.1) is 13.5 Å². The average Bonchev–Trinajstić information content (AvgIpc) is 2.56. The molecule has 0 bridgehead atoms. The van der Waals surface area contributed by atoms with E-state index < -0.39 is 6.61 Å². The van der Waals surface area contributed by atoms with E-state index in [-0.39, 0.29) is 18.1 Å². The van der Waals surface area contributed by atoms with Crippen molar-refractivity contribution in [2.24, 2.45) is 0 Å². The Morgan fingerprint density at radius 2 is 1.88 bits per heavy atom. The molecule has 7 heteroatoms. The number of ether oxygens (including phenoxy) is 2. The molecule has 2 aromatic rings. The van der Waals surface area contributed by atoms with Gasteiger partial charge in [-0.05, 0) is 35.9 Å². The monoisotopic (exact) mass is 369 g/mol. The first-order chi connectivity index (χ1) is 11.9. The lowest BCUT2D eigenvalue weighted by Gasteiger charge is -2.19. The number of halogens is 3. The van der Waals surface area contributed by atoms with Crippen LogP contribution in [-0.4, -0.2) is 31.6 Å². The van der Waals surface area contributed by atoms with Crippen molar-refractivity contribution in [2.75, 3.05) is 14.2 Å². The lowest BCUT2D eigenvalue weighted by atomic mass is 10.1. The van der Waals surface area contributed by atoms with Crippen LogP contribution in [0.3, 0.4) is 0 Å². The first kappa shape index (κ1) is 19.0. The third-order valence-electron chi connectivity index (χ3n) is 3.58. The number of alkyl halides is 2. The molecule has 0 aliphatic heterocycles. The van der Waals surface area contributed by atoms with E-state index >= 15 is 0 Å². The van der Waals surface area contributed by atoms with Gasteiger partial charge in [0, 0.05) is 24.2 Å². The maximum Gasteiger partial charge on any atom is 0.387 e. The highest BCUT2D eigenvalue weighted by atomic mass is 35.5. The number of likely N-dealkylation sites (N-methyl/N-ethyl adjacent to an activating group) is 1. The lowest BCUT2D eigenvalue weighted by molar-refractivity contribution is -0.129. The largest absolute Gasteiger partial charge is 0.496 e. The number of amides is 1. The van der Waals surface area contributed by atoms with Crippen molar-refractivity contribution in [2.45, 2.75) is 19.6 Å². The number of methoxy groups -OCH3 is 1. The van der Waals surface area contributed by atoms with Crippen molar-refractivity contribution in [3.05, 3.63) is 58.6 Å². The maximum absolute atomic E-state index is 12.4. The van der Waals surface area contributed by atoms with E-state index in [0.717, 1.165) is 5.56 Å². The second-order valence-electron chi connectivity index (χ2n) is 5.41. The van der Waals surface area contributed by atoms with Crippen LogP contribution < -0.4 is 9.47 Å². The van der Waals surface area contributed by atoms with Gasteiger partial charge in [0.25, 0.3) is 0 Å². The number of rotatable bonds is 7. The molecule has 25 heavy (non-hydrogen) atoms. The van der Waals surface area contributed by atoms with Crippen LogP contribution >= 0.6 is 11.6 Å². The van der Waals surface area contributed by atoms with Crippen LogP contribution in [0.15, 0.2) is 42.5 Å². The summed E-state index contributed by atoms with van der Waals surface area (Å²) in [6, 6.07) is 11.2. The Kier molecular flexibility index (Phi) is 6.58. The minimum atomic E-state index is -2.87. The highest BCUT2D eigenvalue weighted by Crippen LogP contribution is 2.24. The molecule has 0 spiro atoms. The molecule has 0 saturated carbocycles. The van der Waals surface area contributed by atoms with Gasteiger partial charge in [-0.1, -0.05) is 23.7 Å². The molecule has 0 radical (unpaired) electrons. The second kappa shape index (κ2) is 8.67. The van der Waals surface area contributed by atoms with Crippen LogP contribution in [-0.2, 0) is 17.8 Å². The van der Waals surface area contributed by atoms with Crippen LogP contribution in [0, 0.1) is 0 Å². The molecule has 1 amide bonds. The summed E-state index contributed by atoms with van der Waals surface area (Å²) < 4.78 is 33.8. The highest BCUT2D eigenvalue weighted by molar-refractivity contribution is 6.30. The number of carbonyl (C=O) groups is 1. The van der Waals surface area contributed by atoms with Crippen molar-refractivity contribution in [1.82, 2.24) is 4.90 Å². The maximum atomic E-state index is 12.4. The molecule has 0 atom stereocenters. The van der Waals surface area contributed by atoms with E-state index in [0.29, 0.717) is 22.9 Å². The SMILES string of the molecule is COc1ccc(Cl)cc1CN(C)C(=O)Cc1ccc(OC(F)F)cc1. The van der Waals surface area contributed by atoms with Gasteiger partial charge in [-0.25, -0.2) is 0 Å². The van der Waals surface area contributed by atoms with Crippen molar-refractivity contribution < 1.29 is 23.0 Å². The van der Waals surface area contributed by atoms with E-state index in [4.69, 9.17) is 16.3 Å². The van der Waals surface area contributed by atoms with Crippen LogP contribution in [0.25, 0.3) is 0 Å². The molecule has 2 aromatic carbocycles. The van der Waals surface area contributed by atoms with E-state index in [9.17, 15) is 13.6 Å². The molecule has 0 unspecified atom stereocenters. The molecular formula is C18H18ClF2NO3. The molecule has 2 rings (SSSR count). The predicted octanol–water partition coefficient (Wildman–Crippen LogP) is 4.15. The molecule has 134 valence electrons. The van der Waals surface area contributed by atoms with Crippen molar-refractivity contribution >= 4 is 17.5 Å². The normalized spacial score (nSPS) is 10.6. The molecule has 0 saturated heterocycles. The summed E-state index contributed by atoms with van der Waals surface area (Å²) >= 11 is 5.99. The van der Waals surface area contributed by atoms with Crippen molar-refractivity contribution in [3.8, 4) is 11.5 Å². The Morgan fingerprint density at radius 3 is 2.48 bits per heavy atom. The van der Waals surface area contributed by atoms with E-state index in [1.807, 2.05) is 0 Å². The lowest BCUT2D eigenvalue weighted by Crippen LogP contribution is -2.27. The zero-order chi connectivity index (χ0) is 18.4. The minimum Gasteiger partial charge on any atom is -0.496 e. The highest BCUT2D eigenvalue weighted by Gasteiger charge is 2.13. The van der Waals surface area contributed by atoms with Crippen LogP contribution in [0.5, 0.6) is 11.5 Å². The molecule has 0 aromatic heterocycles. The molecule has 0 fully saturated rings. The minimum absolute atomic E-state index is 0.0585. The first-order valence-corrected chi connectivity index (χ1v) is 7.87. The van der Waals surface area contributed by atoms with Crippen LogP contribution in [0.2, 0.25) is 5.02 Å². The molecule has 4 nitrogen and oxygen atoms in total. The standard InChI is InChI=1S/C18H18ClF2NO3/c1-22(11-13-10-14(19)5-8-16(13)24-2)17(23)9-12-3-6-15(7-4-12)25-18(20)21/h3-8,10,18H,9,11H2,1-2H3. The molecule has 0 aliphatic rings. The number of benzene rings is 2. The Labute approximate surface area is 149 Å². The zero-order valence-corrected chi connectivity index (χ0v) is 14.6. The molecule has 0 N–H and O–H groups in total. The fourth-order valence-corrected chi connectivity index (χ4v) is 2.51.